The van der Waals surface area contributed by atoms with E-state index in [0.29, 0.717) is 19.8 Å². The number of hydrogen-bond donors (Lipinski definition) is 1. The van der Waals surface area contributed by atoms with Gasteiger partial charge >= 0.3 is 0 Å². The highest BCUT2D eigenvalue weighted by molar-refractivity contribution is 5.79. The fraction of sp³-hybridized carbons (Fsp3) is 0.588. The summed E-state index contributed by atoms with van der Waals surface area (Å²) in [6, 6.07) is 6.00. The topological polar surface area (TPSA) is 49.8 Å². The van der Waals surface area contributed by atoms with E-state index in [1.54, 1.807) is 12.1 Å². The van der Waals surface area contributed by atoms with Gasteiger partial charge in [0, 0.05) is 12.5 Å². The molecule has 4 nitrogen and oxygen atoms in total. The molecule has 1 saturated carbocycles. The van der Waals surface area contributed by atoms with Crippen LogP contribution < -0.4 is 0 Å². The standard InChI is InChI=1S/C17H22FNO3/c18-13-6-4-12(5-7-13)10-17(21)19-8-9-22-11-15(19)14-2-1-3-16(14)20/h4-7,14-16,20H,1-3,8-11H2/t14-,15+,16+/m0/s1. The van der Waals surface area contributed by atoms with Crippen LogP contribution in [-0.2, 0) is 16.0 Å². The van der Waals surface area contributed by atoms with Crippen LogP contribution in [0.15, 0.2) is 24.3 Å². The molecule has 1 aromatic carbocycles. The van der Waals surface area contributed by atoms with Gasteiger partial charge in [0.2, 0.25) is 5.91 Å². The van der Waals surface area contributed by atoms with Crippen molar-refractivity contribution in [3.8, 4) is 0 Å². The number of benzene rings is 1. The van der Waals surface area contributed by atoms with Crippen molar-refractivity contribution in [2.75, 3.05) is 19.8 Å². The first-order valence-electron chi connectivity index (χ1n) is 7.95. The van der Waals surface area contributed by atoms with Crippen molar-refractivity contribution in [3.63, 3.8) is 0 Å². The van der Waals surface area contributed by atoms with Crippen LogP contribution in [-0.4, -0.2) is 47.8 Å². The molecule has 1 aliphatic carbocycles. The average Bonchev–Trinajstić information content (AvgIpc) is 2.95. The Hall–Kier alpha value is -1.46. The Morgan fingerprint density at radius 2 is 2.09 bits per heavy atom. The van der Waals surface area contributed by atoms with Crippen molar-refractivity contribution in [1.29, 1.82) is 0 Å². The zero-order valence-corrected chi connectivity index (χ0v) is 12.6. The molecule has 1 N–H and O–H groups in total. The van der Waals surface area contributed by atoms with Crippen molar-refractivity contribution in [3.05, 3.63) is 35.6 Å². The van der Waals surface area contributed by atoms with Crippen LogP contribution in [0.2, 0.25) is 0 Å². The summed E-state index contributed by atoms with van der Waals surface area (Å²) in [6.45, 7) is 1.60. The van der Waals surface area contributed by atoms with Gasteiger partial charge in [0.25, 0.3) is 0 Å². The molecular weight excluding hydrogens is 285 g/mol. The first kappa shape index (κ1) is 15.4. The van der Waals surface area contributed by atoms with Crippen LogP contribution in [0.5, 0.6) is 0 Å². The van der Waals surface area contributed by atoms with E-state index in [4.69, 9.17) is 4.74 Å². The van der Waals surface area contributed by atoms with Gasteiger partial charge in [0.15, 0.2) is 0 Å². The van der Waals surface area contributed by atoms with Gasteiger partial charge in [-0.3, -0.25) is 4.79 Å². The maximum Gasteiger partial charge on any atom is 0.227 e. The molecule has 2 aliphatic rings. The number of carbonyl (C=O) groups excluding carboxylic acids is 1. The Labute approximate surface area is 129 Å². The molecule has 22 heavy (non-hydrogen) atoms. The highest BCUT2D eigenvalue weighted by atomic mass is 19.1. The number of ether oxygens (including phenoxy) is 1. The summed E-state index contributed by atoms with van der Waals surface area (Å²) in [5, 5.41) is 10.1. The maximum absolute atomic E-state index is 12.9. The second-order valence-electron chi connectivity index (χ2n) is 6.19. The summed E-state index contributed by atoms with van der Waals surface area (Å²) in [6.07, 6.45) is 2.67. The molecule has 2 fully saturated rings. The van der Waals surface area contributed by atoms with Crippen molar-refractivity contribution in [2.45, 2.75) is 37.8 Å². The molecule has 0 radical (unpaired) electrons. The first-order chi connectivity index (χ1) is 10.6. The van der Waals surface area contributed by atoms with Crippen LogP contribution in [0.3, 0.4) is 0 Å². The molecule has 120 valence electrons. The van der Waals surface area contributed by atoms with Crippen LogP contribution in [0, 0.1) is 11.7 Å². The SMILES string of the molecule is O=C(Cc1ccc(F)cc1)N1CCOC[C@@H]1[C@@H]1CCC[C@H]1O. The van der Waals surface area contributed by atoms with Crippen molar-refractivity contribution in [1.82, 2.24) is 4.90 Å². The third-order valence-electron chi connectivity index (χ3n) is 4.78. The molecule has 1 heterocycles. The van der Waals surface area contributed by atoms with E-state index in [2.05, 4.69) is 0 Å². The lowest BCUT2D eigenvalue weighted by atomic mass is 9.93. The number of halogens is 1. The number of aliphatic hydroxyl groups is 1. The summed E-state index contributed by atoms with van der Waals surface area (Å²) in [5.74, 6) is -0.161. The minimum Gasteiger partial charge on any atom is -0.393 e. The molecule has 3 atom stereocenters. The second kappa shape index (κ2) is 6.75. The molecule has 3 rings (SSSR count). The Kier molecular flexibility index (Phi) is 4.74. The minimum absolute atomic E-state index is 0.0269. The second-order valence-corrected chi connectivity index (χ2v) is 6.19. The van der Waals surface area contributed by atoms with Crippen LogP contribution in [0.4, 0.5) is 4.39 Å². The monoisotopic (exact) mass is 307 g/mol. The number of amides is 1. The molecule has 1 aliphatic heterocycles. The van der Waals surface area contributed by atoms with Gasteiger partial charge in [-0.15, -0.1) is 0 Å². The highest BCUT2D eigenvalue weighted by Gasteiger charge is 2.39. The number of carbonyl (C=O) groups is 1. The Bertz CT molecular complexity index is 519. The number of nitrogens with zero attached hydrogens (tertiary/aromatic N) is 1. The summed E-state index contributed by atoms with van der Waals surface area (Å²) >= 11 is 0. The Morgan fingerprint density at radius 1 is 1.32 bits per heavy atom. The quantitative estimate of drug-likeness (QED) is 0.926. The van der Waals surface area contributed by atoms with E-state index in [-0.39, 0.29) is 36.2 Å². The lowest BCUT2D eigenvalue weighted by molar-refractivity contribution is -0.143. The van der Waals surface area contributed by atoms with Gasteiger partial charge in [-0.25, -0.2) is 4.39 Å². The molecule has 5 heteroatoms. The molecule has 1 saturated heterocycles. The molecular formula is C17H22FNO3. The lowest BCUT2D eigenvalue weighted by Crippen LogP contribution is -2.54. The fourth-order valence-electron chi connectivity index (χ4n) is 3.58. The summed E-state index contributed by atoms with van der Waals surface area (Å²) < 4.78 is 18.5. The summed E-state index contributed by atoms with van der Waals surface area (Å²) in [7, 11) is 0. The lowest BCUT2D eigenvalue weighted by Gasteiger charge is -2.40. The van der Waals surface area contributed by atoms with Crippen LogP contribution >= 0.6 is 0 Å². The molecule has 0 aromatic heterocycles. The third kappa shape index (κ3) is 3.31. The predicted octanol–water partition coefficient (Wildman–Crippen LogP) is 1.76. The Balaban J connectivity index is 1.69. The first-order valence-corrected chi connectivity index (χ1v) is 7.95. The predicted molar refractivity (Wildman–Crippen MR) is 79.8 cm³/mol. The summed E-state index contributed by atoms with van der Waals surface area (Å²) in [4.78, 5) is 14.5. The van der Waals surface area contributed by atoms with E-state index in [1.807, 2.05) is 4.90 Å². The van der Waals surface area contributed by atoms with E-state index in [0.717, 1.165) is 24.8 Å². The van der Waals surface area contributed by atoms with Gasteiger partial charge in [0.1, 0.15) is 5.82 Å². The minimum atomic E-state index is -0.340. The van der Waals surface area contributed by atoms with Gasteiger partial charge < -0.3 is 14.7 Å². The van der Waals surface area contributed by atoms with Crippen molar-refractivity contribution >= 4 is 5.91 Å². The molecule has 0 spiro atoms. The van der Waals surface area contributed by atoms with Gasteiger partial charge in [-0.1, -0.05) is 18.6 Å². The number of rotatable bonds is 3. The number of morpholine rings is 1. The molecule has 0 bridgehead atoms. The zero-order chi connectivity index (χ0) is 15.5. The van der Waals surface area contributed by atoms with E-state index < -0.39 is 0 Å². The normalized spacial score (nSPS) is 28.8. The largest absolute Gasteiger partial charge is 0.393 e. The van der Waals surface area contributed by atoms with Gasteiger partial charge in [-0.2, -0.15) is 0 Å². The fourth-order valence-corrected chi connectivity index (χ4v) is 3.58. The molecule has 0 unspecified atom stereocenters. The smallest absolute Gasteiger partial charge is 0.227 e. The number of aliphatic hydroxyl groups excluding tert-OH is 1. The van der Waals surface area contributed by atoms with E-state index in [1.165, 1.54) is 12.1 Å². The molecule has 1 aromatic rings. The van der Waals surface area contributed by atoms with Gasteiger partial charge in [-0.05, 0) is 30.5 Å². The average molecular weight is 307 g/mol. The van der Waals surface area contributed by atoms with Crippen molar-refractivity contribution in [2.24, 2.45) is 5.92 Å². The maximum atomic E-state index is 12.9. The highest BCUT2D eigenvalue weighted by Crippen LogP contribution is 2.32. The Morgan fingerprint density at radius 3 is 2.77 bits per heavy atom. The van der Waals surface area contributed by atoms with Crippen LogP contribution in [0.25, 0.3) is 0 Å². The van der Waals surface area contributed by atoms with Crippen LogP contribution in [0.1, 0.15) is 24.8 Å². The van der Waals surface area contributed by atoms with E-state index in [9.17, 15) is 14.3 Å². The summed E-state index contributed by atoms with van der Waals surface area (Å²) in [5.41, 5.74) is 0.809. The van der Waals surface area contributed by atoms with Crippen molar-refractivity contribution < 1.29 is 19.0 Å². The van der Waals surface area contributed by atoms with Gasteiger partial charge in [0.05, 0.1) is 31.8 Å². The third-order valence-corrected chi connectivity index (χ3v) is 4.78. The number of hydrogen-bond acceptors (Lipinski definition) is 3. The zero-order valence-electron chi connectivity index (χ0n) is 12.6. The molecule has 1 amide bonds. The van der Waals surface area contributed by atoms with E-state index >= 15 is 0 Å².